The number of morpholine rings is 1. The Kier molecular flexibility index (Phi) is 9.01. The van der Waals surface area contributed by atoms with Crippen LogP contribution in [0, 0.1) is 6.92 Å². The standard InChI is InChI=1S/C23H20ClF6N3O2S.ClH/c1-13-8-17(24)12-18-19(13)31-21(36-18)33(3-2-32-4-6-35-7-5-32)20(34)14-9-15(22(25,26)27)11-16(10-14)23(28,29)30;/h8-12H,2-7H2,1H3;1H. The summed E-state index contributed by atoms with van der Waals surface area (Å²) in [6.07, 6.45) is -10.1. The van der Waals surface area contributed by atoms with Crippen LogP contribution < -0.4 is 4.90 Å². The van der Waals surface area contributed by atoms with Gasteiger partial charge in [-0.05, 0) is 42.8 Å². The van der Waals surface area contributed by atoms with Crippen molar-refractivity contribution in [1.82, 2.24) is 9.88 Å². The van der Waals surface area contributed by atoms with Crippen LogP contribution >= 0.6 is 35.3 Å². The molecule has 1 aliphatic rings. The number of anilines is 1. The Morgan fingerprint density at radius 2 is 1.65 bits per heavy atom. The monoisotopic (exact) mass is 587 g/mol. The number of ether oxygens (including phenoxy) is 1. The number of aromatic nitrogens is 1. The average molecular weight is 588 g/mol. The fourth-order valence-corrected chi connectivity index (χ4v) is 5.29. The Bertz CT molecular complexity index is 1240. The van der Waals surface area contributed by atoms with Gasteiger partial charge in [0, 0.05) is 36.8 Å². The van der Waals surface area contributed by atoms with Crippen molar-refractivity contribution in [2.45, 2.75) is 19.3 Å². The summed E-state index contributed by atoms with van der Waals surface area (Å²) in [5, 5.41) is 0.591. The van der Waals surface area contributed by atoms with Crippen molar-refractivity contribution in [3.05, 3.63) is 57.6 Å². The van der Waals surface area contributed by atoms with E-state index in [2.05, 4.69) is 4.98 Å². The van der Waals surface area contributed by atoms with Gasteiger partial charge in [-0.1, -0.05) is 22.9 Å². The van der Waals surface area contributed by atoms with Crippen molar-refractivity contribution in [3.8, 4) is 0 Å². The molecule has 0 atom stereocenters. The number of carbonyl (C=O) groups excluding carboxylic acids is 1. The summed E-state index contributed by atoms with van der Waals surface area (Å²) in [5.41, 5.74) is -2.57. The summed E-state index contributed by atoms with van der Waals surface area (Å²) in [7, 11) is 0. The molecule has 37 heavy (non-hydrogen) atoms. The van der Waals surface area contributed by atoms with E-state index in [0.29, 0.717) is 60.2 Å². The van der Waals surface area contributed by atoms with E-state index < -0.39 is 35.0 Å². The van der Waals surface area contributed by atoms with Gasteiger partial charge in [0.15, 0.2) is 5.13 Å². The number of hydrogen-bond acceptors (Lipinski definition) is 5. The number of carbonyl (C=O) groups is 1. The molecule has 1 amide bonds. The topological polar surface area (TPSA) is 45.7 Å². The molecule has 1 aliphatic heterocycles. The van der Waals surface area contributed by atoms with Crippen LogP contribution in [-0.4, -0.2) is 55.2 Å². The van der Waals surface area contributed by atoms with Crippen LogP contribution in [0.4, 0.5) is 31.5 Å². The highest BCUT2D eigenvalue weighted by molar-refractivity contribution is 7.22. The first-order valence-electron chi connectivity index (χ1n) is 10.8. The molecule has 0 unspecified atom stereocenters. The molecule has 0 aliphatic carbocycles. The van der Waals surface area contributed by atoms with E-state index in [4.69, 9.17) is 16.3 Å². The van der Waals surface area contributed by atoms with E-state index >= 15 is 0 Å². The van der Waals surface area contributed by atoms with Gasteiger partial charge < -0.3 is 4.74 Å². The molecule has 14 heteroatoms. The van der Waals surface area contributed by atoms with Gasteiger partial charge in [0.25, 0.3) is 5.91 Å². The number of nitrogens with zero attached hydrogens (tertiary/aromatic N) is 3. The number of aryl methyl sites for hydroxylation is 1. The summed E-state index contributed by atoms with van der Waals surface area (Å²) >= 11 is 7.21. The number of fused-ring (bicyclic) bond motifs is 1. The molecule has 4 rings (SSSR count). The molecular weight excluding hydrogens is 567 g/mol. The second-order valence-electron chi connectivity index (χ2n) is 8.27. The van der Waals surface area contributed by atoms with Crippen molar-refractivity contribution >= 4 is 56.6 Å². The Balaban J connectivity index is 0.00000380. The predicted molar refractivity (Wildman–Crippen MR) is 132 cm³/mol. The van der Waals surface area contributed by atoms with Crippen molar-refractivity contribution < 1.29 is 35.9 Å². The zero-order valence-electron chi connectivity index (χ0n) is 19.2. The lowest BCUT2D eigenvalue weighted by Crippen LogP contribution is -2.43. The SMILES string of the molecule is Cc1cc(Cl)cc2sc(N(CCN3CCOCC3)C(=O)c3cc(C(F)(F)F)cc(C(F)(F)F)c3)nc12.Cl. The smallest absolute Gasteiger partial charge is 0.379 e. The van der Waals surface area contributed by atoms with Gasteiger partial charge in [-0.25, -0.2) is 4.98 Å². The van der Waals surface area contributed by atoms with Gasteiger partial charge in [0.1, 0.15) is 0 Å². The molecule has 3 aromatic rings. The van der Waals surface area contributed by atoms with Gasteiger partial charge >= 0.3 is 12.4 Å². The predicted octanol–water partition coefficient (Wildman–Crippen LogP) is 6.70. The molecule has 1 saturated heterocycles. The zero-order valence-corrected chi connectivity index (χ0v) is 21.6. The lowest BCUT2D eigenvalue weighted by atomic mass is 10.0. The minimum Gasteiger partial charge on any atom is -0.379 e. The second-order valence-corrected chi connectivity index (χ2v) is 9.72. The summed E-state index contributed by atoms with van der Waals surface area (Å²) in [6.45, 7) is 4.22. The minimum absolute atomic E-state index is 0. The summed E-state index contributed by atoms with van der Waals surface area (Å²) in [5.74, 6) is -1.01. The Morgan fingerprint density at radius 3 is 2.22 bits per heavy atom. The maximum atomic E-state index is 13.5. The Morgan fingerprint density at radius 1 is 1.05 bits per heavy atom. The maximum Gasteiger partial charge on any atom is 0.416 e. The van der Waals surface area contributed by atoms with E-state index in [-0.39, 0.29) is 30.1 Å². The lowest BCUT2D eigenvalue weighted by molar-refractivity contribution is -0.143. The largest absolute Gasteiger partial charge is 0.416 e. The molecule has 0 N–H and O–H groups in total. The third-order valence-corrected chi connectivity index (χ3v) is 6.94. The fraction of sp³-hybridized carbons (Fsp3) is 0.391. The third-order valence-electron chi connectivity index (χ3n) is 5.69. The highest BCUT2D eigenvalue weighted by atomic mass is 35.5. The first kappa shape index (κ1) is 29.4. The van der Waals surface area contributed by atoms with Crippen LogP contribution in [0.25, 0.3) is 10.2 Å². The van der Waals surface area contributed by atoms with E-state index in [1.54, 1.807) is 19.1 Å². The third kappa shape index (κ3) is 6.85. The van der Waals surface area contributed by atoms with Crippen molar-refractivity contribution in [2.75, 3.05) is 44.3 Å². The van der Waals surface area contributed by atoms with E-state index in [9.17, 15) is 31.1 Å². The normalized spacial score (nSPS) is 15.0. The number of alkyl halides is 6. The number of benzene rings is 2. The van der Waals surface area contributed by atoms with Crippen molar-refractivity contribution in [1.29, 1.82) is 0 Å². The molecule has 202 valence electrons. The number of hydrogen-bond donors (Lipinski definition) is 0. The quantitative estimate of drug-likeness (QED) is 0.312. The number of thiazole rings is 1. The zero-order chi connectivity index (χ0) is 26.3. The van der Waals surface area contributed by atoms with Crippen LogP contribution in [0.15, 0.2) is 30.3 Å². The molecule has 2 aromatic carbocycles. The highest BCUT2D eigenvalue weighted by Gasteiger charge is 2.38. The molecule has 0 bridgehead atoms. The van der Waals surface area contributed by atoms with E-state index in [1.165, 1.54) is 0 Å². The maximum absolute atomic E-state index is 13.5. The first-order chi connectivity index (χ1) is 16.8. The van der Waals surface area contributed by atoms with Gasteiger partial charge in [0.05, 0.1) is 34.6 Å². The number of amides is 1. The van der Waals surface area contributed by atoms with Gasteiger partial charge in [0.2, 0.25) is 0 Å². The van der Waals surface area contributed by atoms with Crippen LogP contribution in [0.2, 0.25) is 5.02 Å². The van der Waals surface area contributed by atoms with Crippen molar-refractivity contribution in [2.24, 2.45) is 0 Å². The summed E-state index contributed by atoms with van der Waals surface area (Å²) < 4.78 is 86.4. The molecule has 1 aromatic heterocycles. The van der Waals surface area contributed by atoms with Crippen LogP contribution in [-0.2, 0) is 17.1 Å². The molecule has 1 fully saturated rings. The lowest BCUT2D eigenvalue weighted by Gasteiger charge is -2.29. The molecule has 0 saturated carbocycles. The molecule has 2 heterocycles. The number of halogens is 8. The fourth-order valence-electron chi connectivity index (χ4n) is 3.84. The van der Waals surface area contributed by atoms with E-state index in [1.807, 2.05) is 4.90 Å². The average Bonchev–Trinajstić information content (AvgIpc) is 3.22. The Hall–Kier alpha value is -2.12. The summed E-state index contributed by atoms with van der Waals surface area (Å²) in [6, 6.07) is 4.19. The van der Waals surface area contributed by atoms with Gasteiger partial charge in [-0.2, -0.15) is 26.3 Å². The first-order valence-corrected chi connectivity index (χ1v) is 12.0. The highest BCUT2D eigenvalue weighted by Crippen LogP contribution is 2.38. The number of rotatable bonds is 5. The molecular formula is C23H21Cl2F6N3O2S. The van der Waals surface area contributed by atoms with Crippen molar-refractivity contribution in [3.63, 3.8) is 0 Å². The molecule has 0 radical (unpaired) electrons. The molecule has 0 spiro atoms. The van der Waals surface area contributed by atoms with Gasteiger partial charge in [-0.3, -0.25) is 14.6 Å². The Labute approximate surface area is 223 Å². The molecule has 5 nitrogen and oxygen atoms in total. The summed E-state index contributed by atoms with van der Waals surface area (Å²) in [4.78, 5) is 21.1. The van der Waals surface area contributed by atoms with E-state index in [0.717, 1.165) is 21.8 Å². The van der Waals surface area contributed by atoms with Crippen LogP contribution in [0.5, 0.6) is 0 Å². The second kappa shape index (κ2) is 11.3. The van der Waals surface area contributed by atoms with Crippen LogP contribution in [0.1, 0.15) is 27.0 Å². The van der Waals surface area contributed by atoms with Gasteiger partial charge in [-0.15, -0.1) is 12.4 Å². The minimum atomic E-state index is -5.07. The van der Waals surface area contributed by atoms with Crippen LogP contribution in [0.3, 0.4) is 0 Å².